The molecule has 3 aromatic rings. The van der Waals surface area contributed by atoms with Crippen molar-refractivity contribution >= 4 is 11.5 Å². The number of aryl methyl sites for hydroxylation is 1. The minimum absolute atomic E-state index is 0.222. The van der Waals surface area contributed by atoms with Crippen LogP contribution < -0.4 is 11.0 Å². The molecule has 7 nitrogen and oxygen atoms in total. The van der Waals surface area contributed by atoms with E-state index in [1.165, 1.54) is 0 Å². The lowest BCUT2D eigenvalue weighted by Gasteiger charge is -2.14. The van der Waals surface area contributed by atoms with Gasteiger partial charge in [-0.15, -0.1) is 5.10 Å². The standard InChI is InChI=1S/C16H20N6O/c1-10(2)13-11(3)22-15(20-21-16(22)23)14(19-13)18-8-6-12-5-4-7-17-9-12/h4-5,7,9-10H,6,8H2,1-3H3,(H,18,19)(H,21,23). The molecule has 0 aliphatic carbocycles. The number of hydrogen-bond donors (Lipinski definition) is 2. The molecule has 0 aromatic carbocycles. The maximum Gasteiger partial charge on any atom is 0.348 e. The highest BCUT2D eigenvalue weighted by Crippen LogP contribution is 2.21. The molecule has 0 radical (unpaired) electrons. The van der Waals surface area contributed by atoms with Crippen LogP contribution in [0.5, 0.6) is 0 Å². The van der Waals surface area contributed by atoms with E-state index in [0.29, 0.717) is 18.0 Å². The van der Waals surface area contributed by atoms with Gasteiger partial charge in [0.15, 0.2) is 5.82 Å². The fourth-order valence-corrected chi connectivity index (χ4v) is 2.67. The first-order valence-corrected chi connectivity index (χ1v) is 7.68. The summed E-state index contributed by atoms with van der Waals surface area (Å²) in [6.07, 6.45) is 4.42. The second-order valence-electron chi connectivity index (χ2n) is 5.81. The topological polar surface area (TPSA) is 88.0 Å². The molecule has 0 fully saturated rings. The van der Waals surface area contributed by atoms with Gasteiger partial charge in [0.2, 0.25) is 5.65 Å². The average Bonchev–Trinajstić information content (AvgIpc) is 2.93. The number of anilines is 1. The molecule has 120 valence electrons. The molecule has 0 saturated carbocycles. The number of aromatic nitrogens is 5. The largest absolute Gasteiger partial charge is 0.367 e. The van der Waals surface area contributed by atoms with Crippen LogP contribution in [-0.4, -0.2) is 31.1 Å². The minimum Gasteiger partial charge on any atom is -0.367 e. The Labute approximate surface area is 133 Å². The Bertz CT molecular complexity index is 865. The Kier molecular flexibility index (Phi) is 4.10. The van der Waals surface area contributed by atoms with E-state index in [2.05, 4.69) is 39.3 Å². The van der Waals surface area contributed by atoms with Crippen molar-refractivity contribution in [1.29, 1.82) is 0 Å². The van der Waals surface area contributed by atoms with Gasteiger partial charge in [0.05, 0.1) is 5.69 Å². The Morgan fingerprint density at radius 1 is 1.39 bits per heavy atom. The molecule has 0 aliphatic heterocycles. The van der Waals surface area contributed by atoms with Crippen LogP contribution >= 0.6 is 0 Å². The molecule has 3 heterocycles. The van der Waals surface area contributed by atoms with Crippen molar-refractivity contribution in [2.45, 2.75) is 33.1 Å². The molecule has 3 rings (SSSR count). The summed E-state index contributed by atoms with van der Waals surface area (Å²) in [6.45, 7) is 6.71. The number of hydrogen-bond acceptors (Lipinski definition) is 5. The number of rotatable bonds is 5. The third-order valence-electron chi connectivity index (χ3n) is 3.80. The third kappa shape index (κ3) is 2.94. The van der Waals surface area contributed by atoms with Crippen molar-refractivity contribution < 1.29 is 0 Å². The number of fused-ring (bicyclic) bond motifs is 1. The molecule has 0 bridgehead atoms. The fourth-order valence-electron chi connectivity index (χ4n) is 2.67. The molecule has 0 unspecified atom stereocenters. The monoisotopic (exact) mass is 312 g/mol. The van der Waals surface area contributed by atoms with Crippen molar-refractivity contribution in [2.75, 3.05) is 11.9 Å². The molecule has 0 amide bonds. The summed E-state index contributed by atoms with van der Waals surface area (Å²) in [6, 6.07) is 3.95. The molecular weight excluding hydrogens is 292 g/mol. The van der Waals surface area contributed by atoms with Gasteiger partial charge in [-0.3, -0.25) is 4.98 Å². The summed E-state index contributed by atoms with van der Waals surface area (Å²) in [5, 5.41) is 9.88. The van der Waals surface area contributed by atoms with Gasteiger partial charge in [0, 0.05) is 24.6 Å². The Hall–Kier alpha value is -2.70. The predicted octanol–water partition coefficient (Wildman–Crippen LogP) is 1.90. The lowest BCUT2D eigenvalue weighted by atomic mass is 10.1. The molecule has 0 saturated heterocycles. The van der Waals surface area contributed by atoms with Gasteiger partial charge >= 0.3 is 5.69 Å². The second kappa shape index (κ2) is 6.20. The quantitative estimate of drug-likeness (QED) is 0.751. The number of nitrogens with zero attached hydrogens (tertiary/aromatic N) is 4. The summed E-state index contributed by atoms with van der Waals surface area (Å²) in [7, 11) is 0. The van der Waals surface area contributed by atoms with Gasteiger partial charge in [-0.05, 0) is 30.9 Å². The zero-order chi connectivity index (χ0) is 16.4. The van der Waals surface area contributed by atoms with Crippen LogP contribution in [0.25, 0.3) is 5.65 Å². The molecule has 0 aliphatic rings. The van der Waals surface area contributed by atoms with E-state index < -0.39 is 0 Å². The van der Waals surface area contributed by atoms with Crippen LogP contribution in [0, 0.1) is 6.92 Å². The van der Waals surface area contributed by atoms with Gasteiger partial charge < -0.3 is 5.32 Å². The van der Waals surface area contributed by atoms with E-state index in [0.717, 1.165) is 23.4 Å². The van der Waals surface area contributed by atoms with E-state index in [1.54, 1.807) is 10.6 Å². The highest BCUT2D eigenvalue weighted by Gasteiger charge is 2.16. The van der Waals surface area contributed by atoms with Crippen molar-refractivity contribution in [3.05, 3.63) is 52.0 Å². The van der Waals surface area contributed by atoms with Crippen LogP contribution in [0.4, 0.5) is 5.82 Å². The first-order chi connectivity index (χ1) is 11.1. The Morgan fingerprint density at radius 2 is 2.22 bits per heavy atom. The van der Waals surface area contributed by atoms with E-state index in [-0.39, 0.29) is 11.6 Å². The summed E-state index contributed by atoms with van der Waals surface area (Å²) in [5.74, 6) is 0.849. The van der Waals surface area contributed by atoms with Gasteiger partial charge in [-0.25, -0.2) is 19.3 Å². The van der Waals surface area contributed by atoms with Crippen molar-refractivity contribution in [3.63, 3.8) is 0 Å². The lowest BCUT2D eigenvalue weighted by molar-refractivity contribution is 0.784. The summed E-state index contributed by atoms with van der Waals surface area (Å²) < 4.78 is 1.58. The smallest absolute Gasteiger partial charge is 0.348 e. The molecule has 0 spiro atoms. The predicted molar refractivity (Wildman–Crippen MR) is 88.9 cm³/mol. The van der Waals surface area contributed by atoms with Gasteiger partial charge in [-0.2, -0.15) is 0 Å². The van der Waals surface area contributed by atoms with Crippen LogP contribution in [0.2, 0.25) is 0 Å². The molecule has 2 N–H and O–H groups in total. The Balaban J connectivity index is 1.91. The van der Waals surface area contributed by atoms with Crippen molar-refractivity contribution in [2.24, 2.45) is 0 Å². The van der Waals surface area contributed by atoms with Crippen molar-refractivity contribution in [3.8, 4) is 0 Å². The third-order valence-corrected chi connectivity index (χ3v) is 3.80. The number of pyridine rings is 1. The first-order valence-electron chi connectivity index (χ1n) is 7.68. The van der Waals surface area contributed by atoms with Gasteiger partial charge in [0.1, 0.15) is 0 Å². The molecular formula is C16H20N6O. The maximum absolute atomic E-state index is 12.0. The molecule has 7 heteroatoms. The number of aromatic amines is 1. The Morgan fingerprint density at radius 3 is 2.91 bits per heavy atom. The van der Waals surface area contributed by atoms with Crippen LogP contribution in [0.15, 0.2) is 29.3 Å². The molecule has 3 aromatic heterocycles. The SMILES string of the molecule is Cc1c(C(C)C)nc(NCCc2cccnc2)c2n[nH]c(=O)n12. The minimum atomic E-state index is -0.239. The second-order valence-corrected chi connectivity index (χ2v) is 5.81. The van der Waals surface area contributed by atoms with Gasteiger partial charge in [-0.1, -0.05) is 19.9 Å². The van der Waals surface area contributed by atoms with E-state index in [9.17, 15) is 4.79 Å². The zero-order valence-electron chi connectivity index (χ0n) is 13.5. The highest BCUT2D eigenvalue weighted by atomic mass is 16.1. The normalized spacial score (nSPS) is 11.3. The molecule has 23 heavy (non-hydrogen) atoms. The van der Waals surface area contributed by atoms with Gasteiger partial charge in [0.25, 0.3) is 0 Å². The van der Waals surface area contributed by atoms with E-state index in [4.69, 9.17) is 0 Å². The van der Waals surface area contributed by atoms with Crippen LogP contribution in [0.1, 0.15) is 36.7 Å². The van der Waals surface area contributed by atoms with Crippen molar-refractivity contribution in [1.82, 2.24) is 24.6 Å². The fraction of sp³-hybridized carbons (Fsp3) is 0.375. The first kappa shape index (κ1) is 15.2. The average molecular weight is 312 g/mol. The summed E-state index contributed by atoms with van der Waals surface area (Å²) >= 11 is 0. The molecule has 0 atom stereocenters. The van der Waals surface area contributed by atoms with E-state index >= 15 is 0 Å². The summed E-state index contributed by atoms with van der Waals surface area (Å²) in [4.78, 5) is 20.8. The van der Waals surface area contributed by atoms with E-state index in [1.807, 2.05) is 25.3 Å². The number of H-pyrrole nitrogens is 1. The zero-order valence-corrected chi connectivity index (χ0v) is 13.5. The lowest BCUT2D eigenvalue weighted by Crippen LogP contribution is -2.17. The van der Waals surface area contributed by atoms with Crippen LogP contribution in [0.3, 0.4) is 0 Å². The maximum atomic E-state index is 12.0. The number of nitrogens with one attached hydrogen (secondary N) is 2. The van der Waals surface area contributed by atoms with Crippen LogP contribution in [-0.2, 0) is 6.42 Å². The highest BCUT2D eigenvalue weighted by molar-refractivity contribution is 5.63. The summed E-state index contributed by atoms with van der Waals surface area (Å²) in [5.41, 5.74) is 3.16.